The Balaban J connectivity index is 1.75. The zero-order valence-electron chi connectivity index (χ0n) is 15.8. The minimum Gasteiger partial charge on any atom is -0.444 e. The molecule has 1 unspecified atom stereocenters. The molecule has 0 spiro atoms. The van der Waals surface area contributed by atoms with Crippen LogP contribution < -0.4 is 10.6 Å². The first-order valence-electron chi connectivity index (χ1n) is 8.98. The molecule has 0 saturated carbocycles. The van der Waals surface area contributed by atoms with Crippen molar-refractivity contribution in [2.45, 2.75) is 31.6 Å². The summed E-state index contributed by atoms with van der Waals surface area (Å²) in [5.74, 6) is -0.546. The molecule has 0 aliphatic carbocycles. The van der Waals surface area contributed by atoms with E-state index in [9.17, 15) is 18.8 Å². The van der Waals surface area contributed by atoms with Gasteiger partial charge in [-0.1, -0.05) is 11.8 Å². The summed E-state index contributed by atoms with van der Waals surface area (Å²) in [4.78, 5) is 39.6. The second-order valence-electron chi connectivity index (χ2n) is 6.60. The maximum Gasteiger partial charge on any atom is 0.414 e. The number of primary amides is 1. The molecule has 29 heavy (non-hydrogen) atoms. The van der Waals surface area contributed by atoms with E-state index >= 15 is 0 Å². The first-order chi connectivity index (χ1) is 13.8. The van der Waals surface area contributed by atoms with Crippen molar-refractivity contribution in [3.63, 3.8) is 0 Å². The Bertz CT molecular complexity index is 953. The Morgan fingerprint density at radius 3 is 2.83 bits per heavy atom. The number of carbonyl (C=O) groups excluding carboxylic acids is 3. The van der Waals surface area contributed by atoms with Gasteiger partial charge in [0.2, 0.25) is 5.91 Å². The summed E-state index contributed by atoms with van der Waals surface area (Å²) in [5.41, 5.74) is 7.16. The fourth-order valence-electron chi connectivity index (χ4n) is 2.99. The average molecular weight is 417 g/mol. The van der Waals surface area contributed by atoms with E-state index in [0.717, 1.165) is 11.8 Å². The molecule has 1 saturated heterocycles. The van der Waals surface area contributed by atoms with Crippen molar-refractivity contribution in [2.24, 2.45) is 5.73 Å². The number of rotatable bonds is 7. The van der Waals surface area contributed by atoms with Crippen LogP contribution in [0.15, 0.2) is 36.5 Å². The molecular formula is C20H20FN3O4S. The number of aromatic nitrogens is 1. The highest BCUT2D eigenvalue weighted by atomic mass is 32.2. The largest absolute Gasteiger partial charge is 0.444 e. The van der Waals surface area contributed by atoms with Crippen LogP contribution in [0.3, 0.4) is 0 Å². The van der Waals surface area contributed by atoms with Crippen molar-refractivity contribution in [3.05, 3.63) is 48.0 Å². The van der Waals surface area contributed by atoms with Gasteiger partial charge in [0, 0.05) is 30.9 Å². The van der Waals surface area contributed by atoms with Crippen molar-refractivity contribution in [2.75, 3.05) is 11.4 Å². The summed E-state index contributed by atoms with van der Waals surface area (Å²) >= 11 is 1.14. The number of benzene rings is 1. The number of carbonyl (C=O) groups is 3. The molecule has 7 nitrogen and oxygen atoms in total. The number of halogens is 1. The van der Waals surface area contributed by atoms with Gasteiger partial charge in [-0.15, -0.1) is 0 Å². The van der Waals surface area contributed by atoms with Crippen LogP contribution in [0.1, 0.15) is 25.5 Å². The van der Waals surface area contributed by atoms with Crippen molar-refractivity contribution in [1.82, 2.24) is 4.98 Å². The molecule has 1 atom stereocenters. The van der Waals surface area contributed by atoms with Crippen molar-refractivity contribution < 1.29 is 23.5 Å². The Morgan fingerprint density at radius 1 is 1.34 bits per heavy atom. The molecule has 0 radical (unpaired) electrons. The summed E-state index contributed by atoms with van der Waals surface area (Å²) in [7, 11) is 0. The molecule has 3 rings (SSSR count). The monoisotopic (exact) mass is 417 g/mol. The molecule has 1 aromatic carbocycles. The van der Waals surface area contributed by atoms with Crippen LogP contribution in [0.25, 0.3) is 11.1 Å². The lowest BCUT2D eigenvalue weighted by atomic mass is 10.0. The van der Waals surface area contributed by atoms with E-state index in [1.165, 1.54) is 17.9 Å². The van der Waals surface area contributed by atoms with E-state index in [-0.39, 0.29) is 18.1 Å². The SMILES string of the molecule is CC(=O)SCc1cc(-c2ccc(N3CC(CCC(N)=O)OC3=O)cc2F)ccn1. The lowest BCUT2D eigenvalue weighted by Crippen LogP contribution is -2.25. The zero-order chi connectivity index (χ0) is 21.0. The van der Waals surface area contributed by atoms with Gasteiger partial charge in [-0.2, -0.15) is 0 Å². The highest BCUT2D eigenvalue weighted by Gasteiger charge is 2.32. The molecule has 2 amide bonds. The van der Waals surface area contributed by atoms with Crippen molar-refractivity contribution >= 4 is 34.6 Å². The number of pyridine rings is 1. The normalized spacial score (nSPS) is 16.0. The minimum absolute atomic E-state index is 0.0145. The molecule has 2 aromatic rings. The zero-order valence-corrected chi connectivity index (χ0v) is 16.6. The summed E-state index contributed by atoms with van der Waals surface area (Å²) in [6, 6.07) is 7.92. The van der Waals surface area contributed by atoms with Crippen LogP contribution in [0.4, 0.5) is 14.9 Å². The number of hydrogen-bond acceptors (Lipinski definition) is 6. The fraction of sp³-hybridized carbons (Fsp3) is 0.300. The molecule has 1 aliphatic heterocycles. The first kappa shape index (κ1) is 20.8. The number of ether oxygens (including phenoxy) is 1. The van der Waals surface area contributed by atoms with E-state index < -0.39 is 23.9 Å². The summed E-state index contributed by atoms with van der Waals surface area (Å²) < 4.78 is 20.0. The van der Waals surface area contributed by atoms with Crippen LogP contribution in [-0.2, 0) is 20.1 Å². The van der Waals surface area contributed by atoms with Crippen LogP contribution in [0, 0.1) is 5.82 Å². The number of hydrogen-bond donors (Lipinski definition) is 1. The van der Waals surface area contributed by atoms with Crippen LogP contribution in [0.2, 0.25) is 0 Å². The smallest absolute Gasteiger partial charge is 0.414 e. The Labute approximate surface area is 171 Å². The van der Waals surface area contributed by atoms with Gasteiger partial charge in [0.05, 0.1) is 17.9 Å². The minimum atomic E-state index is -0.584. The van der Waals surface area contributed by atoms with Crippen LogP contribution in [-0.4, -0.2) is 34.7 Å². The molecule has 2 heterocycles. The van der Waals surface area contributed by atoms with E-state index in [0.29, 0.717) is 34.7 Å². The third kappa shape index (κ3) is 5.32. The maximum absolute atomic E-state index is 14.8. The number of amides is 2. The Morgan fingerprint density at radius 2 is 2.14 bits per heavy atom. The van der Waals surface area contributed by atoms with E-state index in [1.807, 2.05) is 0 Å². The van der Waals surface area contributed by atoms with Gasteiger partial charge in [-0.05, 0) is 42.3 Å². The van der Waals surface area contributed by atoms with E-state index in [2.05, 4.69) is 4.98 Å². The van der Waals surface area contributed by atoms with Gasteiger partial charge in [-0.25, -0.2) is 9.18 Å². The van der Waals surface area contributed by atoms with Gasteiger partial charge in [0.1, 0.15) is 11.9 Å². The topological polar surface area (TPSA) is 103 Å². The van der Waals surface area contributed by atoms with Crippen LogP contribution >= 0.6 is 11.8 Å². The molecule has 1 aliphatic rings. The number of nitrogens with two attached hydrogens (primary N) is 1. The predicted molar refractivity (Wildman–Crippen MR) is 108 cm³/mol. The standard InChI is InChI=1S/C20H20FN3O4S/c1-12(25)29-11-14-8-13(6-7-23-14)17-4-2-15(9-18(17)21)24-10-16(28-20(24)27)3-5-19(22)26/h2,4,6-9,16H,3,5,10-11H2,1H3,(H2,22,26). The predicted octanol–water partition coefficient (Wildman–Crippen LogP) is 3.26. The second-order valence-corrected chi connectivity index (χ2v) is 7.75. The highest BCUT2D eigenvalue weighted by molar-refractivity contribution is 8.12. The quantitative estimate of drug-likeness (QED) is 0.742. The molecule has 9 heteroatoms. The van der Waals surface area contributed by atoms with Gasteiger partial charge in [0.15, 0.2) is 5.12 Å². The number of nitrogens with zero attached hydrogens (tertiary/aromatic N) is 2. The third-order valence-electron chi connectivity index (χ3n) is 4.40. The maximum atomic E-state index is 14.8. The van der Waals surface area contributed by atoms with E-state index in [1.54, 1.807) is 30.5 Å². The Hall–Kier alpha value is -2.94. The summed E-state index contributed by atoms with van der Waals surface area (Å²) in [6.07, 6.45) is 0.972. The molecule has 1 aromatic heterocycles. The molecule has 0 bridgehead atoms. The summed E-state index contributed by atoms with van der Waals surface area (Å²) in [6.45, 7) is 1.71. The van der Waals surface area contributed by atoms with E-state index in [4.69, 9.17) is 10.5 Å². The molecule has 2 N–H and O–H groups in total. The van der Waals surface area contributed by atoms with Crippen molar-refractivity contribution in [3.8, 4) is 11.1 Å². The van der Waals surface area contributed by atoms with Gasteiger partial charge in [0.25, 0.3) is 0 Å². The lowest BCUT2D eigenvalue weighted by Gasteiger charge is -2.14. The highest BCUT2D eigenvalue weighted by Crippen LogP contribution is 2.30. The molecular weight excluding hydrogens is 397 g/mol. The number of thioether (sulfide) groups is 1. The molecule has 152 valence electrons. The first-order valence-corrected chi connectivity index (χ1v) is 9.96. The number of anilines is 1. The second kappa shape index (κ2) is 9.04. The summed E-state index contributed by atoms with van der Waals surface area (Å²) in [5, 5.41) is -0.0145. The molecule has 1 fully saturated rings. The number of cyclic esters (lactones) is 1. The van der Waals surface area contributed by atoms with Gasteiger partial charge < -0.3 is 10.5 Å². The van der Waals surface area contributed by atoms with Gasteiger partial charge >= 0.3 is 6.09 Å². The fourth-order valence-corrected chi connectivity index (χ4v) is 3.50. The average Bonchev–Trinajstić information content (AvgIpc) is 3.05. The van der Waals surface area contributed by atoms with Crippen LogP contribution in [0.5, 0.6) is 0 Å². The Kier molecular flexibility index (Phi) is 6.48. The van der Waals surface area contributed by atoms with Crippen molar-refractivity contribution in [1.29, 1.82) is 0 Å². The van der Waals surface area contributed by atoms with Gasteiger partial charge in [-0.3, -0.25) is 19.5 Å². The third-order valence-corrected chi connectivity index (χ3v) is 5.25. The lowest BCUT2D eigenvalue weighted by molar-refractivity contribution is -0.118.